The van der Waals surface area contributed by atoms with Crippen LogP contribution in [0.2, 0.25) is 0 Å². The number of amides is 1. The first-order valence-corrected chi connectivity index (χ1v) is 9.69. The van der Waals surface area contributed by atoms with Crippen LogP contribution in [0.4, 0.5) is 10.8 Å². The molecule has 0 aliphatic rings. The van der Waals surface area contributed by atoms with E-state index in [1.165, 1.54) is 31.4 Å². The normalized spacial score (nSPS) is 11.7. The number of rotatable bonds is 5. The van der Waals surface area contributed by atoms with Gasteiger partial charge in [0.2, 0.25) is 11.0 Å². The molecule has 0 unspecified atom stereocenters. The van der Waals surface area contributed by atoms with E-state index in [0.29, 0.717) is 5.56 Å². The van der Waals surface area contributed by atoms with Gasteiger partial charge in [-0.05, 0) is 24.3 Å². The molecular weight excluding hydrogens is 380 g/mol. The van der Waals surface area contributed by atoms with Gasteiger partial charge < -0.3 is 10.1 Å². The highest BCUT2D eigenvalue weighted by Gasteiger charge is 2.25. The van der Waals surface area contributed by atoms with Crippen LogP contribution in [0.5, 0.6) is 0 Å². The van der Waals surface area contributed by atoms with Crippen LogP contribution in [0.3, 0.4) is 0 Å². The van der Waals surface area contributed by atoms with E-state index in [1.54, 1.807) is 20.8 Å². The molecule has 1 heterocycles. The van der Waals surface area contributed by atoms with E-state index in [0.717, 1.165) is 11.3 Å². The molecule has 2 aromatic rings. The van der Waals surface area contributed by atoms with Gasteiger partial charge in [-0.25, -0.2) is 4.79 Å². The van der Waals surface area contributed by atoms with Crippen LogP contribution in [-0.2, 0) is 19.6 Å². The summed E-state index contributed by atoms with van der Waals surface area (Å²) in [5.41, 5.74) is -0.115. The van der Waals surface area contributed by atoms with E-state index in [-0.39, 0.29) is 21.1 Å². The molecule has 0 fully saturated rings. The monoisotopic (exact) mass is 398 g/mol. The lowest BCUT2D eigenvalue weighted by Crippen LogP contribution is -2.27. The highest BCUT2D eigenvalue weighted by atomic mass is 32.2. The van der Waals surface area contributed by atoms with Crippen molar-refractivity contribution in [3.8, 4) is 0 Å². The van der Waals surface area contributed by atoms with E-state index in [1.807, 2.05) is 0 Å². The quantitative estimate of drug-likeness (QED) is 0.583. The number of sulfonamides is 1. The van der Waals surface area contributed by atoms with Crippen LogP contribution in [-0.4, -0.2) is 37.6 Å². The number of esters is 1. The number of hydrogen-bond acceptors (Lipinski definition) is 8. The Bertz CT molecular complexity index is 914. The number of carbonyl (C=O) groups excluding carboxylic acids is 2. The topological polar surface area (TPSA) is 127 Å². The molecule has 1 amide bonds. The van der Waals surface area contributed by atoms with Crippen molar-refractivity contribution in [3.05, 3.63) is 29.8 Å². The van der Waals surface area contributed by atoms with Crippen molar-refractivity contribution < 1.29 is 22.7 Å². The highest BCUT2D eigenvalue weighted by molar-refractivity contribution is 7.94. The van der Waals surface area contributed by atoms with E-state index >= 15 is 0 Å². The van der Waals surface area contributed by atoms with Crippen molar-refractivity contribution >= 4 is 44.1 Å². The average Bonchev–Trinajstić information content (AvgIpc) is 3.03. The third kappa shape index (κ3) is 4.76. The Hall–Kier alpha value is -2.53. The van der Waals surface area contributed by atoms with E-state index in [4.69, 9.17) is 0 Å². The summed E-state index contributed by atoms with van der Waals surface area (Å²) in [5.74, 6) is -0.827. The number of methoxy groups -OCH3 is 1. The van der Waals surface area contributed by atoms with E-state index in [9.17, 15) is 18.0 Å². The van der Waals surface area contributed by atoms with Crippen LogP contribution < -0.4 is 10.0 Å². The summed E-state index contributed by atoms with van der Waals surface area (Å²) in [6, 6.07) is 5.71. The van der Waals surface area contributed by atoms with Crippen LogP contribution >= 0.6 is 11.3 Å². The van der Waals surface area contributed by atoms with Gasteiger partial charge >= 0.3 is 5.97 Å². The standard InChI is InChI=1S/C15H18N4O5S2/c1-15(2,3)12(21)16-13-17-18-14(25-13)26(22,23)19-10-7-5-9(6-8-10)11(20)24-4/h5-8,19H,1-4H3,(H,16,17,21). The van der Waals surface area contributed by atoms with Crippen molar-refractivity contribution in [1.29, 1.82) is 0 Å². The number of anilines is 2. The Balaban J connectivity index is 2.13. The molecule has 140 valence electrons. The Morgan fingerprint density at radius 2 is 1.73 bits per heavy atom. The largest absolute Gasteiger partial charge is 0.465 e. The van der Waals surface area contributed by atoms with Gasteiger partial charge in [-0.2, -0.15) is 8.42 Å². The Kier molecular flexibility index (Phi) is 5.62. The molecule has 11 heteroatoms. The first-order valence-electron chi connectivity index (χ1n) is 7.39. The molecule has 0 bridgehead atoms. The summed E-state index contributed by atoms with van der Waals surface area (Å²) >= 11 is 0.736. The number of nitrogens with one attached hydrogen (secondary N) is 2. The van der Waals surface area contributed by atoms with Gasteiger partial charge in [0.1, 0.15) is 0 Å². The second-order valence-corrected chi connectivity index (χ2v) is 9.09. The predicted octanol–water partition coefficient (Wildman–Crippen LogP) is 2.11. The maximum Gasteiger partial charge on any atom is 0.337 e. The Morgan fingerprint density at radius 3 is 2.27 bits per heavy atom. The first-order chi connectivity index (χ1) is 12.0. The number of ether oxygens (including phenoxy) is 1. The fraction of sp³-hybridized carbons (Fsp3) is 0.333. The van der Waals surface area contributed by atoms with Crippen molar-refractivity contribution in [2.24, 2.45) is 5.41 Å². The summed E-state index contributed by atoms with van der Waals surface area (Å²) in [6.45, 7) is 5.17. The fourth-order valence-corrected chi connectivity index (χ4v) is 3.60. The van der Waals surface area contributed by atoms with E-state index in [2.05, 4.69) is 25.0 Å². The summed E-state index contributed by atoms with van der Waals surface area (Å²) in [4.78, 5) is 23.3. The molecule has 26 heavy (non-hydrogen) atoms. The summed E-state index contributed by atoms with van der Waals surface area (Å²) in [7, 11) is -2.72. The number of hydrogen-bond donors (Lipinski definition) is 2. The lowest BCUT2D eigenvalue weighted by Gasteiger charge is -2.15. The van der Waals surface area contributed by atoms with Crippen molar-refractivity contribution in [1.82, 2.24) is 10.2 Å². The SMILES string of the molecule is COC(=O)c1ccc(NS(=O)(=O)c2nnc(NC(=O)C(C)(C)C)s2)cc1. The third-order valence-corrected chi connectivity index (χ3v) is 5.68. The lowest BCUT2D eigenvalue weighted by atomic mass is 9.96. The molecule has 0 saturated heterocycles. The molecule has 1 aromatic heterocycles. The average molecular weight is 398 g/mol. The maximum atomic E-state index is 12.4. The van der Waals surface area contributed by atoms with Gasteiger partial charge in [0.15, 0.2) is 0 Å². The Labute approximate surface area is 154 Å². The molecule has 1 aromatic carbocycles. The number of benzene rings is 1. The summed E-state index contributed by atoms with van der Waals surface area (Å²) < 4.78 is 31.3. The second-order valence-electron chi connectivity index (χ2n) is 6.25. The van der Waals surface area contributed by atoms with Crippen LogP contribution in [0.1, 0.15) is 31.1 Å². The summed E-state index contributed by atoms with van der Waals surface area (Å²) in [5, 5.41) is 9.91. The molecule has 0 saturated carbocycles. The van der Waals surface area contributed by atoms with E-state index < -0.39 is 21.4 Å². The zero-order chi connectivity index (χ0) is 19.5. The highest BCUT2D eigenvalue weighted by Crippen LogP contribution is 2.24. The van der Waals surface area contributed by atoms with Gasteiger partial charge in [0.05, 0.1) is 12.7 Å². The molecule has 0 aliphatic heterocycles. The maximum absolute atomic E-state index is 12.4. The fourth-order valence-electron chi connectivity index (χ4n) is 1.64. The molecule has 0 spiro atoms. The Morgan fingerprint density at radius 1 is 1.12 bits per heavy atom. The number of nitrogens with zero attached hydrogens (tertiary/aromatic N) is 2. The van der Waals surface area contributed by atoms with Gasteiger partial charge in [-0.1, -0.05) is 32.1 Å². The number of aromatic nitrogens is 2. The van der Waals surface area contributed by atoms with Crippen molar-refractivity contribution in [2.45, 2.75) is 25.1 Å². The minimum atomic E-state index is -3.97. The van der Waals surface area contributed by atoms with Crippen LogP contribution in [0.15, 0.2) is 28.6 Å². The zero-order valence-electron chi connectivity index (χ0n) is 14.6. The molecule has 0 aliphatic carbocycles. The molecule has 2 rings (SSSR count). The molecule has 0 atom stereocenters. The minimum absolute atomic E-state index is 0.0892. The predicted molar refractivity (Wildman–Crippen MR) is 96.6 cm³/mol. The first kappa shape index (κ1) is 19.8. The van der Waals surface area contributed by atoms with Crippen LogP contribution in [0.25, 0.3) is 0 Å². The molecular formula is C15H18N4O5S2. The summed E-state index contributed by atoms with van der Waals surface area (Å²) in [6.07, 6.45) is 0. The van der Waals surface area contributed by atoms with Gasteiger partial charge in [0, 0.05) is 11.1 Å². The zero-order valence-corrected chi connectivity index (χ0v) is 16.2. The smallest absolute Gasteiger partial charge is 0.337 e. The van der Waals surface area contributed by atoms with Crippen LogP contribution in [0, 0.1) is 5.41 Å². The van der Waals surface area contributed by atoms with Crippen molar-refractivity contribution in [3.63, 3.8) is 0 Å². The molecule has 2 N–H and O–H groups in total. The molecule has 0 radical (unpaired) electrons. The molecule has 9 nitrogen and oxygen atoms in total. The third-order valence-electron chi connectivity index (χ3n) is 3.10. The van der Waals surface area contributed by atoms with Gasteiger partial charge in [-0.15, -0.1) is 10.2 Å². The second kappa shape index (κ2) is 7.38. The number of carbonyl (C=O) groups is 2. The van der Waals surface area contributed by atoms with Crippen molar-refractivity contribution in [2.75, 3.05) is 17.1 Å². The van der Waals surface area contributed by atoms with Gasteiger partial charge in [0.25, 0.3) is 14.4 Å². The lowest BCUT2D eigenvalue weighted by molar-refractivity contribution is -0.123. The minimum Gasteiger partial charge on any atom is -0.465 e. The van der Waals surface area contributed by atoms with Gasteiger partial charge in [-0.3, -0.25) is 9.52 Å².